The summed E-state index contributed by atoms with van der Waals surface area (Å²) in [6, 6.07) is 8.89. The molecule has 3 rings (SSSR count). The van der Waals surface area contributed by atoms with Crippen molar-refractivity contribution in [3.05, 3.63) is 30.3 Å². The highest BCUT2D eigenvalue weighted by Crippen LogP contribution is 2.37. The third-order valence-corrected chi connectivity index (χ3v) is 9.28. The molecule has 0 unspecified atom stereocenters. The molecular weight excluding hydrogens is 342 g/mol. The number of likely N-dealkylation sites (tertiary alicyclic amines) is 1. The van der Waals surface area contributed by atoms with Crippen LogP contribution >= 0.6 is 0 Å². The van der Waals surface area contributed by atoms with Crippen molar-refractivity contribution in [1.82, 2.24) is 4.90 Å². The summed E-state index contributed by atoms with van der Waals surface area (Å²) >= 11 is 0. The first-order valence-corrected chi connectivity index (χ1v) is 11.9. The lowest BCUT2D eigenvalue weighted by molar-refractivity contribution is 0.145. The van der Waals surface area contributed by atoms with Gasteiger partial charge in [-0.15, -0.1) is 0 Å². The Morgan fingerprint density at radius 2 is 1.54 bits per heavy atom. The van der Waals surface area contributed by atoms with Gasteiger partial charge in [-0.2, -0.15) is 0 Å². The van der Waals surface area contributed by atoms with E-state index in [1.807, 2.05) is 19.9 Å². The molecule has 0 amide bonds. The Bertz CT molecular complexity index is 655. The molecule has 26 heavy (non-hydrogen) atoms. The number of hydrogen-bond acceptors (Lipinski definition) is 3. The fourth-order valence-corrected chi connectivity index (χ4v) is 6.42. The molecule has 146 valence electrons. The van der Waals surface area contributed by atoms with Gasteiger partial charge < -0.3 is 4.90 Å². The first kappa shape index (κ1) is 19.9. The van der Waals surface area contributed by atoms with Gasteiger partial charge in [-0.1, -0.05) is 43.9 Å². The number of rotatable bonds is 7. The van der Waals surface area contributed by atoms with E-state index in [0.717, 1.165) is 24.8 Å². The monoisotopic (exact) mass is 377 g/mol. The fraction of sp³-hybridized carbons (Fsp3) is 0.727. The highest BCUT2D eigenvalue weighted by atomic mass is 32.2. The number of sulfone groups is 1. The molecule has 0 bridgehead atoms. The molecule has 0 spiro atoms. The van der Waals surface area contributed by atoms with Crippen molar-refractivity contribution >= 4 is 9.84 Å². The van der Waals surface area contributed by atoms with Crippen molar-refractivity contribution in [2.45, 2.75) is 74.9 Å². The predicted octanol–water partition coefficient (Wildman–Crippen LogP) is 4.92. The normalized spacial score (nSPS) is 21.3. The van der Waals surface area contributed by atoms with Gasteiger partial charge in [0.05, 0.1) is 9.64 Å². The van der Waals surface area contributed by atoms with Gasteiger partial charge in [-0.05, 0) is 83.1 Å². The van der Waals surface area contributed by atoms with Crippen LogP contribution in [0.4, 0.5) is 0 Å². The Hall–Kier alpha value is -0.870. The zero-order valence-electron chi connectivity index (χ0n) is 16.5. The standard InChI is InChI=1S/C22H35NO2S/c1-22(2,26(24,25)21-11-4-3-5-12-21)15-8-16-23-17-13-20(14-18-23)19-9-6-7-10-19/h3-5,11-12,19-20H,6-10,13-18H2,1-2H3. The second-order valence-electron chi connectivity index (χ2n) is 8.90. The van der Waals surface area contributed by atoms with Gasteiger partial charge in [-0.3, -0.25) is 0 Å². The Balaban J connectivity index is 1.45. The minimum Gasteiger partial charge on any atom is -0.303 e. The second kappa shape index (κ2) is 8.43. The number of benzene rings is 1. The zero-order valence-corrected chi connectivity index (χ0v) is 17.3. The molecule has 1 saturated heterocycles. The van der Waals surface area contributed by atoms with E-state index in [1.165, 1.54) is 51.6 Å². The summed E-state index contributed by atoms with van der Waals surface area (Å²) in [4.78, 5) is 3.00. The van der Waals surface area contributed by atoms with Gasteiger partial charge in [-0.25, -0.2) is 8.42 Å². The molecule has 1 aliphatic carbocycles. The molecule has 2 aliphatic rings. The van der Waals surface area contributed by atoms with E-state index in [9.17, 15) is 8.42 Å². The lowest BCUT2D eigenvalue weighted by Crippen LogP contribution is -2.38. The molecule has 1 aliphatic heterocycles. The molecule has 1 saturated carbocycles. The number of nitrogens with zero attached hydrogens (tertiary/aromatic N) is 1. The van der Waals surface area contributed by atoms with Crippen LogP contribution in [0, 0.1) is 11.8 Å². The van der Waals surface area contributed by atoms with E-state index < -0.39 is 14.6 Å². The Morgan fingerprint density at radius 1 is 0.962 bits per heavy atom. The smallest absolute Gasteiger partial charge is 0.183 e. The van der Waals surface area contributed by atoms with E-state index in [2.05, 4.69) is 4.90 Å². The summed E-state index contributed by atoms with van der Waals surface area (Å²) in [5, 5.41) is 0. The lowest BCUT2D eigenvalue weighted by Gasteiger charge is -2.35. The first-order valence-electron chi connectivity index (χ1n) is 10.4. The maximum absolute atomic E-state index is 12.9. The van der Waals surface area contributed by atoms with Crippen LogP contribution < -0.4 is 0 Å². The topological polar surface area (TPSA) is 37.4 Å². The lowest BCUT2D eigenvalue weighted by atomic mass is 9.83. The molecule has 0 radical (unpaired) electrons. The van der Waals surface area contributed by atoms with E-state index in [4.69, 9.17) is 0 Å². The largest absolute Gasteiger partial charge is 0.303 e. The molecule has 1 heterocycles. The van der Waals surface area contributed by atoms with E-state index >= 15 is 0 Å². The molecule has 4 heteroatoms. The number of hydrogen-bond donors (Lipinski definition) is 0. The van der Waals surface area contributed by atoms with Gasteiger partial charge in [0.1, 0.15) is 0 Å². The summed E-state index contributed by atoms with van der Waals surface area (Å²) < 4.78 is 25.1. The summed E-state index contributed by atoms with van der Waals surface area (Å²) in [5.41, 5.74) is 0. The summed E-state index contributed by atoms with van der Waals surface area (Å²) in [5.74, 6) is 1.94. The molecule has 3 nitrogen and oxygen atoms in total. The fourth-order valence-electron chi connectivity index (χ4n) is 4.86. The van der Waals surface area contributed by atoms with Crippen LogP contribution in [0.25, 0.3) is 0 Å². The SMILES string of the molecule is CC(C)(CCCN1CCC(C2CCCC2)CC1)S(=O)(=O)c1ccccc1. The predicted molar refractivity (Wildman–Crippen MR) is 108 cm³/mol. The molecule has 2 fully saturated rings. The molecule has 0 aromatic heterocycles. The zero-order chi connectivity index (χ0) is 18.6. The Kier molecular flexibility index (Phi) is 6.45. The van der Waals surface area contributed by atoms with E-state index in [-0.39, 0.29) is 0 Å². The first-order chi connectivity index (χ1) is 12.4. The van der Waals surface area contributed by atoms with Crippen molar-refractivity contribution in [3.8, 4) is 0 Å². The van der Waals surface area contributed by atoms with Crippen molar-refractivity contribution in [3.63, 3.8) is 0 Å². The van der Waals surface area contributed by atoms with Gasteiger partial charge >= 0.3 is 0 Å². The Morgan fingerprint density at radius 3 is 2.15 bits per heavy atom. The van der Waals surface area contributed by atoms with Crippen molar-refractivity contribution < 1.29 is 8.42 Å². The maximum Gasteiger partial charge on any atom is 0.183 e. The van der Waals surface area contributed by atoms with Crippen LogP contribution in [0.5, 0.6) is 0 Å². The van der Waals surface area contributed by atoms with Gasteiger partial charge in [0.2, 0.25) is 0 Å². The van der Waals surface area contributed by atoms with Crippen LogP contribution in [0.2, 0.25) is 0 Å². The summed E-state index contributed by atoms with van der Waals surface area (Å²) in [6.45, 7) is 7.19. The van der Waals surface area contributed by atoms with Crippen LogP contribution in [0.1, 0.15) is 65.2 Å². The van der Waals surface area contributed by atoms with Crippen molar-refractivity contribution in [2.75, 3.05) is 19.6 Å². The average molecular weight is 378 g/mol. The minimum atomic E-state index is -3.28. The average Bonchev–Trinajstić information content (AvgIpc) is 3.17. The van der Waals surface area contributed by atoms with Gasteiger partial charge in [0.25, 0.3) is 0 Å². The molecular formula is C22H35NO2S. The molecule has 0 atom stereocenters. The van der Waals surface area contributed by atoms with Crippen molar-refractivity contribution in [2.24, 2.45) is 11.8 Å². The summed E-state index contributed by atoms with van der Waals surface area (Å²) in [6.07, 6.45) is 10.1. The van der Waals surface area contributed by atoms with E-state index in [0.29, 0.717) is 11.3 Å². The maximum atomic E-state index is 12.9. The van der Waals surface area contributed by atoms with Crippen LogP contribution in [0.15, 0.2) is 35.2 Å². The van der Waals surface area contributed by atoms with Crippen molar-refractivity contribution in [1.29, 1.82) is 0 Å². The number of piperidine rings is 1. The van der Waals surface area contributed by atoms with Crippen LogP contribution in [0.3, 0.4) is 0 Å². The molecule has 1 aromatic rings. The third kappa shape index (κ3) is 4.51. The highest BCUT2D eigenvalue weighted by molar-refractivity contribution is 7.92. The highest BCUT2D eigenvalue weighted by Gasteiger charge is 2.35. The van der Waals surface area contributed by atoms with Crippen LogP contribution in [-0.4, -0.2) is 37.7 Å². The Labute approximate surface area is 160 Å². The quantitative estimate of drug-likeness (QED) is 0.677. The van der Waals surface area contributed by atoms with Crippen LogP contribution in [-0.2, 0) is 9.84 Å². The summed E-state index contributed by atoms with van der Waals surface area (Å²) in [7, 11) is -3.28. The molecule has 0 N–H and O–H groups in total. The van der Waals surface area contributed by atoms with Gasteiger partial charge in [0, 0.05) is 0 Å². The minimum absolute atomic E-state index is 0.447. The molecule has 1 aromatic carbocycles. The van der Waals surface area contributed by atoms with E-state index in [1.54, 1.807) is 24.3 Å². The second-order valence-corrected chi connectivity index (χ2v) is 11.5. The van der Waals surface area contributed by atoms with Gasteiger partial charge in [0.15, 0.2) is 9.84 Å². The third-order valence-electron chi connectivity index (χ3n) is 6.73.